The van der Waals surface area contributed by atoms with Gasteiger partial charge in [-0.3, -0.25) is 4.79 Å². The Kier molecular flexibility index (Phi) is 2.86. The summed E-state index contributed by atoms with van der Waals surface area (Å²) in [6, 6.07) is 7.96. The molecule has 1 aromatic carbocycles. The molecule has 1 aromatic rings. The van der Waals surface area contributed by atoms with Gasteiger partial charge in [0, 0.05) is 25.9 Å². The van der Waals surface area contributed by atoms with E-state index in [1.165, 1.54) is 6.42 Å². The van der Waals surface area contributed by atoms with Crippen LogP contribution in [0.4, 0.5) is 0 Å². The third kappa shape index (κ3) is 1.93. The molecule has 0 saturated carbocycles. The fourth-order valence-corrected chi connectivity index (χ4v) is 3.14. The summed E-state index contributed by atoms with van der Waals surface area (Å²) >= 11 is 0. The van der Waals surface area contributed by atoms with Crippen molar-refractivity contribution in [3.05, 3.63) is 35.4 Å². The molecule has 0 radical (unpaired) electrons. The van der Waals surface area contributed by atoms with E-state index in [1.54, 1.807) is 0 Å². The molecule has 18 heavy (non-hydrogen) atoms. The molecule has 0 bridgehead atoms. The van der Waals surface area contributed by atoms with E-state index in [-0.39, 0.29) is 5.91 Å². The second-order valence-electron chi connectivity index (χ2n) is 5.51. The van der Waals surface area contributed by atoms with Crippen molar-refractivity contribution in [3.63, 3.8) is 0 Å². The molecule has 2 aliphatic rings. The Labute approximate surface area is 107 Å². The van der Waals surface area contributed by atoms with Crippen LogP contribution in [-0.2, 0) is 17.6 Å². The van der Waals surface area contributed by atoms with E-state index in [9.17, 15) is 9.90 Å². The molecule has 0 unspecified atom stereocenters. The first-order chi connectivity index (χ1) is 8.69. The van der Waals surface area contributed by atoms with Crippen LogP contribution in [0, 0.1) is 0 Å². The van der Waals surface area contributed by atoms with Crippen LogP contribution in [0.25, 0.3) is 0 Å². The van der Waals surface area contributed by atoms with Crippen molar-refractivity contribution in [2.45, 2.75) is 37.7 Å². The second-order valence-corrected chi connectivity index (χ2v) is 5.51. The SMILES string of the molecule is O=C(N1CCCCC1)C1(O)Cc2ccccc2C1. The van der Waals surface area contributed by atoms with Crippen LogP contribution < -0.4 is 0 Å². The molecule has 1 aliphatic heterocycles. The largest absolute Gasteiger partial charge is 0.379 e. The highest BCUT2D eigenvalue weighted by Crippen LogP contribution is 2.32. The van der Waals surface area contributed by atoms with Gasteiger partial charge in [0.15, 0.2) is 5.60 Å². The van der Waals surface area contributed by atoms with Gasteiger partial charge in [-0.05, 0) is 30.4 Å². The topological polar surface area (TPSA) is 40.5 Å². The molecule has 0 atom stereocenters. The first-order valence-corrected chi connectivity index (χ1v) is 6.78. The minimum atomic E-state index is -1.19. The van der Waals surface area contributed by atoms with Gasteiger partial charge in [0.05, 0.1) is 0 Å². The molecule has 3 heteroatoms. The zero-order chi connectivity index (χ0) is 12.6. The van der Waals surface area contributed by atoms with Crippen LogP contribution >= 0.6 is 0 Å². The van der Waals surface area contributed by atoms with Crippen LogP contribution in [0.5, 0.6) is 0 Å². The third-order valence-corrected chi connectivity index (χ3v) is 4.13. The lowest BCUT2D eigenvalue weighted by atomic mass is 9.97. The summed E-state index contributed by atoms with van der Waals surface area (Å²) in [7, 11) is 0. The van der Waals surface area contributed by atoms with E-state index in [2.05, 4.69) is 0 Å². The minimum absolute atomic E-state index is 0.0709. The standard InChI is InChI=1S/C15H19NO2/c17-14(16-8-4-1-5-9-16)15(18)10-12-6-2-3-7-13(12)11-15/h2-3,6-7,18H,1,4-5,8-11H2. The van der Waals surface area contributed by atoms with E-state index in [0.29, 0.717) is 12.8 Å². The number of piperidine rings is 1. The monoisotopic (exact) mass is 245 g/mol. The van der Waals surface area contributed by atoms with E-state index in [1.807, 2.05) is 29.2 Å². The maximum absolute atomic E-state index is 12.5. The number of aliphatic hydroxyl groups is 1. The summed E-state index contributed by atoms with van der Waals surface area (Å²) in [5, 5.41) is 10.6. The van der Waals surface area contributed by atoms with Gasteiger partial charge in [-0.2, -0.15) is 0 Å². The maximum Gasteiger partial charge on any atom is 0.255 e. The molecule has 1 heterocycles. The quantitative estimate of drug-likeness (QED) is 0.815. The van der Waals surface area contributed by atoms with E-state index in [0.717, 1.165) is 37.1 Å². The Bertz CT molecular complexity index is 438. The summed E-state index contributed by atoms with van der Waals surface area (Å²) < 4.78 is 0. The zero-order valence-corrected chi connectivity index (χ0v) is 10.6. The highest BCUT2D eigenvalue weighted by atomic mass is 16.3. The smallest absolute Gasteiger partial charge is 0.255 e. The molecule has 3 rings (SSSR count). The molecule has 1 N–H and O–H groups in total. The Balaban J connectivity index is 1.79. The van der Waals surface area contributed by atoms with Crippen molar-refractivity contribution < 1.29 is 9.90 Å². The van der Waals surface area contributed by atoms with Crippen LogP contribution in [0.15, 0.2) is 24.3 Å². The Morgan fingerprint density at radius 3 is 2.17 bits per heavy atom. The molecule has 0 spiro atoms. The predicted molar refractivity (Wildman–Crippen MR) is 69.2 cm³/mol. The Morgan fingerprint density at radius 2 is 1.61 bits per heavy atom. The van der Waals surface area contributed by atoms with Crippen LogP contribution in [0.1, 0.15) is 30.4 Å². The van der Waals surface area contributed by atoms with Gasteiger partial charge in [0.25, 0.3) is 5.91 Å². The van der Waals surface area contributed by atoms with E-state index in [4.69, 9.17) is 0 Å². The molecule has 3 nitrogen and oxygen atoms in total. The lowest BCUT2D eigenvalue weighted by Gasteiger charge is -2.33. The fourth-order valence-electron chi connectivity index (χ4n) is 3.14. The highest BCUT2D eigenvalue weighted by molar-refractivity contribution is 5.87. The van der Waals surface area contributed by atoms with Gasteiger partial charge in [0.1, 0.15) is 0 Å². The average Bonchev–Trinajstić information content (AvgIpc) is 2.76. The number of nitrogens with zero attached hydrogens (tertiary/aromatic N) is 1. The summed E-state index contributed by atoms with van der Waals surface area (Å²) in [4.78, 5) is 14.3. The van der Waals surface area contributed by atoms with Gasteiger partial charge < -0.3 is 10.0 Å². The zero-order valence-electron chi connectivity index (χ0n) is 10.6. The van der Waals surface area contributed by atoms with Gasteiger partial charge in [-0.1, -0.05) is 24.3 Å². The van der Waals surface area contributed by atoms with Crippen molar-refractivity contribution in [3.8, 4) is 0 Å². The van der Waals surface area contributed by atoms with Gasteiger partial charge in [0.2, 0.25) is 0 Å². The molecule has 1 amide bonds. The first kappa shape index (κ1) is 11.7. The number of carbonyl (C=O) groups is 1. The number of rotatable bonds is 1. The molecular weight excluding hydrogens is 226 g/mol. The summed E-state index contributed by atoms with van der Waals surface area (Å²) in [6.07, 6.45) is 4.27. The number of hydrogen-bond donors (Lipinski definition) is 1. The predicted octanol–water partition coefficient (Wildman–Crippen LogP) is 1.53. The van der Waals surface area contributed by atoms with Crippen LogP contribution in [0.3, 0.4) is 0 Å². The molecule has 1 aliphatic carbocycles. The first-order valence-electron chi connectivity index (χ1n) is 6.78. The number of benzene rings is 1. The maximum atomic E-state index is 12.5. The third-order valence-electron chi connectivity index (χ3n) is 4.13. The number of hydrogen-bond acceptors (Lipinski definition) is 2. The van der Waals surface area contributed by atoms with Crippen molar-refractivity contribution in [1.29, 1.82) is 0 Å². The highest BCUT2D eigenvalue weighted by Gasteiger charge is 2.44. The van der Waals surface area contributed by atoms with Crippen LogP contribution in [-0.4, -0.2) is 34.6 Å². The molecule has 0 aromatic heterocycles. The summed E-state index contributed by atoms with van der Waals surface area (Å²) in [5.74, 6) is -0.0709. The normalized spacial score (nSPS) is 21.7. The molecule has 1 saturated heterocycles. The van der Waals surface area contributed by atoms with Crippen LogP contribution in [0.2, 0.25) is 0 Å². The number of amides is 1. The lowest BCUT2D eigenvalue weighted by molar-refractivity contribution is -0.151. The second kappa shape index (κ2) is 4.39. The molecular formula is C15H19NO2. The van der Waals surface area contributed by atoms with Crippen molar-refractivity contribution >= 4 is 5.91 Å². The van der Waals surface area contributed by atoms with E-state index >= 15 is 0 Å². The number of carbonyl (C=O) groups excluding carboxylic acids is 1. The van der Waals surface area contributed by atoms with Gasteiger partial charge in [-0.15, -0.1) is 0 Å². The minimum Gasteiger partial charge on any atom is -0.379 e. The lowest BCUT2D eigenvalue weighted by Crippen LogP contribution is -2.51. The van der Waals surface area contributed by atoms with Gasteiger partial charge >= 0.3 is 0 Å². The number of likely N-dealkylation sites (tertiary alicyclic amines) is 1. The summed E-state index contributed by atoms with van der Waals surface area (Å²) in [5.41, 5.74) is 1.04. The molecule has 1 fully saturated rings. The molecule has 96 valence electrons. The Morgan fingerprint density at radius 1 is 1.06 bits per heavy atom. The van der Waals surface area contributed by atoms with Crippen molar-refractivity contribution in [1.82, 2.24) is 4.90 Å². The van der Waals surface area contributed by atoms with Crippen molar-refractivity contribution in [2.75, 3.05) is 13.1 Å². The Hall–Kier alpha value is -1.35. The van der Waals surface area contributed by atoms with Crippen molar-refractivity contribution in [2.24, 2.45) is 0 Å². The van der Waals surface area contributed by atoms with Gasteiger partial charge in [-0.25, -0.2) is 0 Å². The summed E-state index contributed by atoms with van der Waals surface area (Å²) in [6.45, 7) is 1.61. The average molecular weight is 245 g/mol. The van der Waals surface area contributed by atoms with E-state index < -0.39 is 5.60 Å². The number of fused-ring (bicyclic) bond motifs is 1. The fraction of sp³-hybridized carbons (Fsp3) is 0.533.